The second kappa shape index (κ2) is 5.51. The van der Waals surface area contributed by atoms with Crippen LogP contribution in [0.15, 0.2) is 47.6 Å². The number of sulfonamides is 1. The standard InChI is InChI=1S/C15H14N2O4S/c18-15(19)12-6-11(10-2-1-5-16-9-10)7-14(8-12)22(20,21)17-13-3-4-13/h1-2,5-9,13,17H,3-4H2,(H,18,19). The summed E-state index contributed by atoms with van der Waals surface area (Å²) in [6.45, 7) is 0. The van der Waals surface area contributed by atoms with Crippen molar-refractivity contribution in [2.24, 2.45) is 0 Å². The molecule has 0 radical (unpaired) electrons. The largest absolute Gasteiger partial charge is 0.478 e. The molecule has 2 N–H and O–H groups in total. The molecule has 114 valence electrons. The number of pyridine rings is 1. The van der Waals surface area contributed by atoms with E-state index in [1.807, 2.05) is 0 Å². The minimum Gasteiger partial charge on any atom is -0.478 e. The SMILES string of the molecule is O=C(O)c1cc(-c2cccnc2)cc(S(=O)(=O)NC2CC2)c1. The van der Waals surface area contributed by atoms with E-state index in [1.54, 1.807) is 24.5 Å². The summed E-state index contributed by atoms with van der Waals surface area (Å²) in [7, 11) is -3.72. The molecule has 0 saturated heterocycles. The van der Waals surface area contributed by atoms with Gasteiger partial charge in [-0.3, -0.25) is 4.98 Å². The highest BCUT2D eigenvalue weighted by Crippen LogP contribution is 2.26. The first-order valence-electron chi connectivity index (χ1n) is 6.77. The summed E-state index contributed by atoms with van der Waals surface area (Å²) in [6.07, 6.45) is 4.78. The van der Waals surface area contributed by atoms with Gasteiger partial charge in [-0.25, -0.2) is 17.9 Å². The average molecular weight is 318 g/mol. The number of carboxylic acid groups (broad SMARTS) is 1. The van der Waals surface area contributed by atoms with Gasteiger partial charge < -0.3 is 5.11 Å². The molecule has 0 spiro atoms. The van der Waals surface area contributed by atoms with Gasteiger partial charge in [0, 0.05) is 24.0 Å². The Bertz CT molecular complexity index is 815. The van der Waals surface area contributed by atoms with Crippen molar-refractivity contribution < 1.29 is 18.3 Å². The van der Waals surface area contributed by atoms with Crippen LogP contribution in [0.2, 0.25) is 0 Å². The first-order valence-corrected chi connectivity index (χ1v) is 8.25. The Morgan fingerprint density at radius 2 is 2.00 bits per heavy atom. The third kappa shape index (κ3) is 3.15. The van der Waals surface area contributed by atoms with E-state index >= 15 is 0 Å². The summed E-state index contributed by atoms with van der Waals surface area (Å²) in [5.41, 5.74) is 1.09. The third-order valence-corrected chi connectivity index (χ3v) is 4.86. The van der Waals surface area contributed by atoms with Gasteiger partial charge in [0.25, 0.3) is 0 Å². The van der Waals surface area contributed by atoms with Crippen molar-refractivity contribution in [1.29, 1.82) is 0 Å². The minimum atomic E-state index is -3.72. The van der Waals surface area contributed by atoms with Crippen LogP contribution in [0.3, 0.4) is 0 Å². The number of nitrogens with zero attached hydrogens (tertiary/aromatic N) is 1. The number of carboxylic acids is 1. The van der Waals surface area contributed by atoms with Crippen molar-refractivity contribution in [3.8, 4) is 11.1 Å². The van der Waals surface area contributed by atoms with Gasteiger partial charge in [-0.2, -0.15) is 0 Å². The van der Waals surface area contributed by atoms with Crippen LogP contribution in [-0.4, -0.2) is 30.5 Å². The smallest absolute Gasteiger partial charge is 0.335 e. The summed E-state index contributed by atoms with van der Waals surface area (Å²) in [4.78, 5) is 15.2. The van der Waals surface area contributed by atoms with Gasteiger partial charge in [0.05, 0.1) is 10.5 Å². The molecule has 1 heterocycles. The van der Waals surface area contributed by atoms with E-state index in [9.17, 15) is 18.3 Å². The van der Waals surface area contributed by atoms with Crippen molar-refractivity contribution in [3.05, 3.63) is 48.3 Å². The van der Waals surface area contributed by atoms with E-state index in [1.165, 1.54) is 18.2 Å². The lowest BCUT2D eigenvalue weighted by Crippen LogP contribution is -2.26. The normalized spacial score (nSPS) is 14.7. The van der Waals surface area contributed by atoms with Gasteiger partial charge in [0.2, 0.25) is 10.0 Å². The van der Waals surface area contributed by atoms with Crippen LogP contribution in [0.4, 0.5) is 0 Å². The lowest BCUT2D eigenvalue weighted by atomic mass is 10.0. The van der Waals surface area contributed by atoms with Crippen molar-refractivity contribution >= 4 is 16.0 Å². The van der Waals surface area contributed by atoms with Gasteiger partial charge in [0.15, 0.2) is 0 Å². The second-order valence-electron chi connectivity index (χ2n) is 5.19. The van der Waals surface area contributed by atoms with Crippen molar-refractivity contribution in [2.45, 2.75) is 23.8 Å². The molecule has 1 fully saturated rings. The van der Waals surface area contributed by atoms with Gasteiger partial charge in [0.1, 0.15) is 0 Å². The lowest BCUT2D eigenvalue weighted by Gasteiger charge is -2.09. The molecule has 0 unspecified atom stereocenters. The molecule has 1 aliphatic carbocycles. The van der Waals surface area contributed by atoms with E-state index in [4.69, 9.17) is 0 Å². The Morgan fingerprint density at radius 1 is 1.23 bits per heavy atom. The maximum atomic E-state index is 12.3. The average Bonchev–Trinajstić information content (AvgIpc) is 3.31. The molecule has 0 bridgehead atoms. The number of hydrogen-bond donors (Lipinski definition) is 2. The maximum absolute atomic E-state index is 12.3. The predicted molar refractivity (Wildman–Crippen MR) is 80.0 cm³/mol. The molecule has 3 rings (SSSR count). The second-order valence-corrected chi connectivity index (χ2v) is 6.90. The fourth-order valence-electron chi connectivity index (χ4n) is 2.07. The third-order valence-electron chi connectivity index (χ3n) is 3.36. The molecule has 0 atom stereocenters. The maximum Gasteiger partial charge on any atom is 0.335 e. The first-order chi connectivity index (χ1) is 10.5. The molecule has 22 heavy (non-hydrogen) atoms. The summed E-state index contributed by atoms with van der Waals surface area (Å²) in [5.74, 6) is -1.17. The van der Waals surface area contributed by atoms with Crippen LogP contribution < -0.4 is 4.72 Å². The molecule has 1 saturated carbocycles. The fourth-order valence-corrected chi connectivity index (χ4v) is 3.44. The molecule has 1 aromatic carbocycles. The molecule has 2 aromatic rings. The zero-order chi connectivity index (χ0) is 15.7. The van der Waals surface area contributed by atoms with Crippen LogP contribution in [0, 0.1) is 0 Å². The van der Waals surface area contributed by atoms with Crippen LogP contribution in [-0.2, 0) is 10.0 Å². The number of rotatable bonds is 5. The van der Waals surface area contributed by atoms with Crippen molar-refractivity contribution in [3.63, 3.8) is 0 Å². The molecule has 6 nitrogen and oxygen atoms in total. The van der Waals surface area contributed by atoms with E-state index < -0.39 is 16.0 Å². The van der Waals surface area contributed by atoms with E-state index in [0.717, 1.165) is 12.8 Å². The molecule has 1 aromatic heterocycles. The Morgan fingerprint density at radius 3 is 2.59 bits per heavy atom. The van der Waals surface area contributed by atoms with Gasteiger partial charge in [-0.15, -0.1) is 0 Å². The van der Waals surface area contributed by atoms with E-state index in [-0.39, 0.29) is 16.5 Å². The zero-order valence-electron chi connectivity index (χ0n) is 11.6. The van der Waals surface area contributed by atoms with Gasteiger partial charge >= 0.3 is 5.97 Å². The molecular formula is C15H14N2O4S. The number of aromatic carboxylic acids is 1. The lowest BCUT2D eigenvalue weighted by molar-refractivity contribution is 0.0696. The molecule has 7 heteroatoms. The number of carbonyl (C=O) groups is 1. The van der Waals surface area contributed by atoms with Crippen LogP contribution in [0.5, 0.6) is 0 Å². The fraction of sp³-hybridized carbons (Fsp3) is 0.200. The predicted octanol–water partition coefficient (Wildman–Crippen LogP) is 1.89. The summed E-state index contributed by atoms with van der Waals surface area (Å²) >= 11 is 0. The number of nitrogens with one attached hydrogen (secondary N) is 1. The highest BCUT2D eigenvalue weighted by Gasteiger charge is 2.28. The Hall–Kier alpha value is -2.25. The highest BCUT2D eigenvalue weighted by molar-refractivity contribution is 7.89. The highest BCUT2D eigenvalue weighted by atomic mass is 32.2. The van der Waals surface area contributed by atoms with Crippen molar-refractivity contribution in [2.75, 3.05) is 0 Å². The van der Waals surface area contributed by atoms with Crippen LogP contribution >= 0.6 is 0 Å². The van der Waals surface area contributed by atoms with E-state index in [0.29, 0.717) is 11.1 Å². The van der Waals surface area contributed by atoms with Crippen molar-refractivity contribution in [1.82, 2.24) is 9.71 Å². The quantitative estimate of drug-likeness (QED) is 0.877. The molecule has 0 amide bonds. The van der Waals surface area contributed by atoms with Crippen LogP contribution in [0.1, 0.15) is 23.2 Å². The zero-order valence-corrected chi connectivity index (χ0v) is 12.4. The number of benzene rings is 1. The summed E-state index contributed by atoms with van der Waals surface area (Å²) in [6, 6.07) is 7.49. The molecular weight excluding hydrogens is 304 g/mol. The number of hydrogen-bond acceptors (Lipinski definition) is 4. The summed E-state index contributed by atoms with van der Waals surface area (Å²) in [5, 5.41) is 9.21. The van der Waals surface area contributed by atoms with E-state index in [2.05, 4.69) is 9.71 Å². The monoisotopic (exact) mass is 318 g/mol. The topological polar surface area (TPSA) is 96.4 Å². The van der Waals surface area contributed by atoms with Crippen LogP contribution in [0.25, 0.3) is 11.1 Å². The first kappa shape index (κ1) is 14.7. The minimum absolute atomic E-state index is 0.0414. The van der Waals surface area contributed by atoms with Gasteiger partial charge in [-0.05, 0) is 42.7 Å². The summed E-state index contributed by atoms with van der Waals surface area (Å²) < 4.78 is 27.2. The molecule has 1 aliphatic rings. The Kier molecular flexibility index (Phi) is 3.67. The Labute approximate surface area is 127 Å². The Balaban J connectivity index is 2.10. The molecule has 0 aliphatic heterocycles. The van der Waals surface area contributed by atoms with Gasteiger partial charge in [-0.1, -0.05) is 6.07 Å². The number of aromatic nitrogens is 1.